The van der Waals surface area contributed by atoms with Crippen LogP contribution in [0.4, 0.5) is 0 Å². The Morgan fingerprint density at radius 2 is 2.20 bits per heavy atom. The lowest BCUT2D eigenvalue weighted by Crippen LogP contribution is -2.41. The van der Waals surface area contributed by atoms with E-state index in [0.29, 0.717) is 11.6 Å². The summed E-state index contributed by atoms with van der Waals surface area (Å²) in [7, 11) is 0. The molecule has 5 heteroatoms. The third-order valence-electron chi connectivity index (χ3n) is 2.75. The average molecular weight is 265 g/mol. The van der Waals surface area contributed by atoms with Gasteiger partial charge >= 0.3 is 0 Å². The predicted octanol–water partition coefficient (Wildman–Crippen LogP) is 3.03. The molecule has 1 saturated heterocycles. The van der Waals surface area contributed by atoms with E-state index in [4.69, 9.17) is 28.5 Å². The van der Waals surface area contributed by atoms with Crippen LogP contribution in [0.2, 0.25) is 0 Å². The highest BCUT2D eigenvalue weighted by atomic mass is 35.5. The number of nitriles is 1. The molecule has 15 heavy (non-hydrogen) atoms. The summed E-state index contributed by atoms with van der Waals surface area (Å²) in [5.41, 5.74) is 1.41. The second-order valence-electron chi connectivity index (χ2n) is 3.64. The molecule has 0 saturated carbocycles. The number of piperidine rings is 1. The zero-order chi connectivity index (χ0) is 11.3. The van der Waals surface area contributed by atoms with Crippen LogP contribution in [0, 0.1) is 11.3 Å². The van der Waals surface area contributed by atoms with Gasteiger partial charge in [-0.15, -0.1) is 11.8 Å². The van der Waals surface area contributed by atoms with Gasteiger partial charge in [0.15, 0.2) is 0 Å². The number of thioether (sulfide) groups is 1. The Labute approximate surface area is 105 Å². The fraction of sp³-hybridized carbons (Fsp3) is 0.700. The first-order valence-corrected chi connectivity index (χ1v) is 6.83. The van der Waals surface area contributed by atoms with Gasteiger partial charge < -0.3 is 0 Å². The summed E-state index contributed by atoms with van der Waals surface area (Å²) in [6, 6.07) is 2.42. The van der Waals surface area contributed by atoms with Gasteiger partial charge in [0.05, 0.1) is 6.07 Å². The highest BCUT2D eigenvalue weighted by Crippen LogP contribution is 2.33. The molecule has 84 valence electrons. The summed E-state index contributed by atoms with van der Waals surface area (Å²) in [6.07, 6.45) is 3.80. The van der Waals surface area contributed by atoms with Gasteiger partial charge in [-0.25, -0.2) is 0 Å². The molecule has 0 radical (unpaired) electrons. The monoisotopic (exact) mass is 264 g/mol. The molecule has 2 nitrogen and oxygen atoms in total. The maximum Gasteiger partial charge on any atom is 0.104 e. The van der Waals surface area contributed by atoms with E-state index < -0.39 is 0 Å². The maximum atomic E-state index is 9.11. The molecule has 1 heterocycles. The highest BCUT2D eigenvalue weighted by molar-refractivity contribution is 8.00. The largest absolute Gasteiger partial charge is 0.298 e. The first-order chi connectivity index (χ1) is 7.15. The van der Waals surface area contributed by atoms with Crippen LogP contribution in [0.1, 0.15) is 12.8 Å². The maximum absolute atomic E-state index is 9.11. The lowest BCUT2D eigenvalue weighted by molar-refractivity contribution is 0.236. The van der Waals surface area contributed by atoms with Crippen molar-refractivity contribution in [1.82, 2.24) is 4.90 Å². The van der Waals surface area contributed by atoms with Gasteiger partial charge in [0.2, 0.25) is 0 Å². The summed E-state index contributed by atoms with van der Waals surface area (Å²) < 4.78 is -0.187. The van der Waals surface area contributed by atoms with Crippen LogP contribution in [-0.4, -0.2) is 35.5 Å². The molecule has 0 bridgehead atoms. The lowest BCUT2D eigenvalue weighted by Gasteiger charge is -2.35. The molecule has 0 spiro atoms. The van der Waals surface area contributed by atoms with Crippen molar-refractivity contribution in [3.05, 3.63) is 10.6 Å². The Hall–Kier alpha value is 0.120. The number of halogens is 2. The summed E-state index contributed by atoms with van der Waals surface area (Å²) in [4.78, 5) is 2.23. The topological polar surface area (TPSA) is 27.0 Å². The molecule has 0 aromatic carbocycles. The first kappa shape index (κ1) is 13.2. The molecule has 1 aliphatic heterocycles. The van der Waals surface area contributed by atoms with Crippen molar-refractivity contribution in [2.75, 3.05) is 25.9 Å². The number of likely N-dealkylation sites (tertiary alicyclic amines) is 1. The number of hydrogen-bond donors (Lipinski definition) is 0. The van der Waals surface area contributed by atoms with Crippen LogP contribution >= 0.6 is 35.0 Å². The predicted molar refractivity (Wildman–Crippen MR) is 67.3 cm³/mol. The summed E-state index contributed by atoms with van der Waals surface area (Å²) >= 11 is 13.0. The molecule has 1 aliphatic rings. The van der Waals surface area contributed by atoms with Gasteiger partial charge in [0, 0.05) is 30.2 Å². The molecule has 0 atom stereocenters. The summed E-state index contributed by atoms with van der Waals surface area (Å²) in [5, 5.41) is 9.77. The van der Waals surface area contributed by atoms with E-state index in [1.165, 1.54) is 5.54 Å². The first-order valence-electron chi connectivity index (χ1n) is 4.79. The standard InChI is InChI=1S/C10H14Cl2N2S/c1-15-10(8-13)2-4-14(5-3-10)7-9(12)6-11/h6H,2-5,7H2,1H3. The van der Waals surface area contributed by atoms with Gasteiger partial charge in [0.1, 0.15) is 4.75 Å². The minimum absolute atomic E-state index is 0.187. The minimum Gasteiger partial charge on any atom is -0.298 e. The van der Waals surface area contributed by atoms with Crippen LogP contribution < -0.4 is 0 Å². The van der Waals surface area contributed by atoms with E-state index in [-0.39, 0.29) is 4.75 Å². The van der Waals surface area contributed by atoms with Crippen molar-refractivity contribution in [3.63, 3.8) is 0 Å². The van der Waals surface area contributed by atoms with Crippen LogP contribution in [0.3, 0.4) is 0 Å². The fourth-order valence-electron chi connectivity index (χ4n) is 1.68. The molecular weight excluding hydrogens is 251 g/mol. The normalized spacial score (nSPS) is 22.4. The van der Waals surface area contributed by atoms with Gasteiger partial charge in [0.25, 0.3) is 0 Å². The Bertz CT molecular complexity index is 278. The molecule has 1 fully saturated rings. The third-order valence-corrected chi connectivity index (χ3v) is 4.64. The van der Waals surface area contributed by atoms with Crippen LogP contribution in [0.15, 0.2) is 10.6 Å². The molecule has 0 amide bonds. The van der Waals surface area contributed by atoms with Crippen molar-refractivity contribution in [2.45, 2.75) is 17.6 Å². The zero-order valence-electron chi connectivity index (χ0n) is 8.67. The van der Waals surface area contributed by atoms with Gasteiger partial charge in [-0.3, -0.25) is 4.90 Å². The van der Waals surface area contributed by atoms with E-state index in [1.54, 1.807) is 11.8 Å². The van der Waals surface area contributed by atoms with Crippen LogP contribution in [0.25, 0.3) is 0 Å². The van der Waals surface area contributed by atoms with Crippen molar-refractivity contribution >= 4 is 35.0 Å². The summed E-state index contributed by atoms with van der Waals surface area (Å²) in [6.45, 7) is 2.52. The summed E-state index contributed by atoms with van der Waals surface area (Å²) in [5.74, 6) is 0. The molecule has 0 unspecified atom stereocenters. The average Bonchev–Trinajstić information content (AvgIpc) is 2.30. The number of hydrogen-bond acceptors (Lipinski definition) is 3. The minimum atomic E-state index is -0.187. The van der Waals surface area contributed by atoms with E-state index in [2.05, 4.69) is 11.0 Å². The molecule has 0 N–H and O–H groups in total. The molecule has 0 aromatic heterocycles. The smallest absolute Gasteiger partial charge is 0.104 e. The van der Waals surface area contributed by atoms with E-state index in [9.17, 15) is 0 Å². The third kappa shape index (κ3) is 3.57. The molecule has 1 rings (SSSR count). The van der Waals surface area contributed by atoms with Gasteiger partial charge in [-0.05, 0) is 19.1 Å². The number of nitrogens with zero attached hydrogens (tertiary/aromatic N) is 2. The molecular formula is C10H14Cl2N2S. The lowest BCUT2D eigenvalue weighted by atomic mass is 9.97. The van der Waals surface area contributed by atoms with Crippen molar-refractivity contribution < 1.29 is 0 Å². The Morgan fingerprint density at radius 1 is 1.60 bits per heavy atom. The number of rotatable bonds is 3. The van der Waals surface area contributed by atoms with Crippen molar-refractivity contribution in [3.8, 4) is 6.07 Å². The van der Waals surface area contributed by atoms with Gasteiger partial charge in [-0.2, -0.15) is 5.26 Å². The van der Waals surface area contributed by atoms with Gasteiger partial charge in [-0.1, -0.05) is 23.2 Å². The van der Waals surface area contributed by atoms with Crippen LogP contribution in [0.5, 0.6) is 0 Å². The Kier molecular flexibility index (Phi) is 5.28. The zero-order valence-corrected chi connectivity index (χ0v) is 11.0. The fourth-order valence-corrected chi connectivity index (χ4v) is 2.60. The second-order valence-corrected chi connectivity index (χ2v) is 5.54. The SMILES string of the molecule is CSC1(C#N)CCN(CC(Cl)=CCl)CC1. The second kappa shape index (κ2) is 6.00. The van der Waals surface area contributed by atoms with E-state index in [1.807, 2.05) is 6.26 Å². The highest BCUT2D eigenvalue weighted by Gasteiger charge is 2.33. The molecule has 0 aliphatic carbocycles. The Balaban J connectivity index is 2.46. The van der Waals surface area contributed by atoms with E-state index in [0.717, 1.165) is 25.9 Å². The van der Waals surface area contributed by atoms with Crippen molar-refractivity contribution in [2.24, 2.45) is 0 Å². The quantitative estimate of drug-likeness (QED) is 0.784. The molecule has 0 aromatic rings. The Morgan fingerprint density at radius 3 is 2.60 bits per heavy atom. The van der Waals surface area contributed by atoms with Crippen LogP contribution in [-0.2, 0) is 0 Å². The van der Waals surface area contributed by atoms with Crippen molar-refractivity contribution in [1.29, 1.82) is 5.26 Å². The van der Waals surface area contributed by atoms with E-state index >= 15 is 0 Å².